The van der Waals surface area contributed by atoms with Gasteiger partial charge in [-0.1, -0.05) is 12.1 Å². The molecule has 6 heteroatoms. The number of anilines is 1. The summed E-state index contributed by atoms with van der Waals surface area (Å²) in [5.41, 5.74) is 8.75. The predicted molar refractivity (Wildman–Crippen MR) is 108 cm³/mol. The molecule has 6 nitrogen and oxygen atoms in total. The zero-order valence-corrected chi connectivity index (χ0v) is 16.1. The fourth-order valence-corrected chi connectivity index (χ4v) is 3.59. The monoisotopic (exact) mass is 359 g/mol. The SMILES string of the molecule is Cc1cccc(N2CCN(CCCCN=C(N)N3CCOCC3)CC2)c1. The molecule has 0 aromatic heterocycles. The second-order valence-corrected chi connectivity index (χ2v) is 7.21. The van der Waals surface area contributed by atoms with Gasteiger partial charge in [-0.05, 0) is 44.0 Å². The van der Waals surface area contributed by atoms with Gasteiger partial charge >= 0.3 is 0 Å². The van der Waals surface area contributed by atoms with Crippen molar-refractivity contribution in [3.8, 4) is 0 Å². The Bertz CT molecular complexity index is 577. The van der Waals surface area contributed by atoms with Crippen LogP contribution in [0.25, 0.3) is 0 Å². The van der Waals surface area contributed by atoms with Gasteiger partial charge in [-0.25, -0.2) is 0 Å². The molecule has 2 aliphatic heterocycles. The fraction of sp³-hybridized carbons (Fsp3) is 0.650. The number of unbranched alkanes of at least 4 members (excludes halogenated alkanes) is 1. The second-order valence-electron chi connectivity index (χ2n) is 7.21. The summed E-state index contributed by atoms with van der Waals surface area (Å²) < 4.78 is 5.34. The molecule has 2 aliphatic rings. The predicted octanol–water partition coefficient (Wildman–Crippen LogP) is 1.54. The molecule has 1 aromatic carbocycles. The van der Waals surface area contributed by atoms with Crippen molar-refractivity contribution in [2.45, 2.75) is 19.8 Å². The number of benzene rings is 1. The second kappa shape index (κ2) is 9.78. The van der Waals surface area contributed by atoms with E-state index in [-0.39, 0.29) is 0 Å². The highest BCUT2D eigenvalue weighted by atomic mass is 16.5. The molecule has 0 radical (unpaired) electrons. The fourth-order valence-electron chi connectivity index (χ4n) is 3.59. The Labute approximate surface area is 157 Å². The Kier molecular flexibility index (Phi) is 7.14. The molecule has 1 aromatic rings. The summed E-state index contributed by atoms with van der Waals surface area (Å²) in [5, 5.41) is 0. The molecule has 144 valence electrons. The average molecular weight is 360 g/mol. The van der Waals surface area contributed by atoms with Crippen LogP contribution in [0.15, 0.2) is 29.3 Å². The lowest BCUT2D eigenvalue weighted by atomic mass is 10.2. The maximum atomic E-state index is 6.06. The number of piperazine rings is 1. The smallest absolute Gasteiger partial charge is 0.191 e. The van der Waals surface area contributed by atoms with Crippen LogP contribution in [0.4, 0.5) is 5.69 Å². The van der Waals surface area contributed by atoms with Crippen LogP contribution >= 0.6 is 0 Å². The highest BCUT2D eigenvalue weighted by molar-refractivity contribution is 5.78. The lowest BCUT2D eigenvalue weighted by molar-refractivity contribution is 0.0674. The van der Waals surface area contributed by atoms with Gasteiger partial charge in [0.2, 0.25) is 0 Å². The molecule has 0 atom stereocenters. The number of guanidine groups is 1. The van der Waals surface area contributed by atoms with Crippen LogP contribution in [0.1, 0.15) is 18.4 Å². The normalized spacial score (nSPS) is 19.8. The number of aliphatic imine (C=N–C) groups is 1. The molecule has 2 heterocycles. The maximum absolute atomic E-state index is 6.06. The van der Waals surface area contributed by atoms with Crippen LogP contribution in [0.3, 0.4) is 0 Å². The van der Waals surface area contributed by atoms with Crippen LogP contribution in [-0.4, -0.2) is 81.3 Å². The lowest BCUT2D eigenvalue weighted by Gasteiger charge is -2.36. The van der Waals surface area contributed by atoms with Crippen LogP contribution in [0.2, 0.25) is 0 Å². The number of hydrogen-bond acceptors (Lipinski definition) is 4. The van der Waals surface area contributed by atoms with E-state index in [1.807, 2.05) is 0 Å². The highest BCUT2D eigenvalue weighted by Crippen LogP contribution is 2.17. The molecular weight excluding hydrogens is 326 g/mol. The van der Waals surface area contributed by atoms with Gasteiger partial charge in [-0.3, -0.25) is 9.89 Å². The van der Waals surface area contributed by atoms with Crippen molar-refractivity contribution < 1.29 is 4.74 Å². The molecule has 0 amide bonds. The molecule has 26 heavy (non-hydrogen) atoms. The van der Waals surface area contributed by atoms with Gasteiger partial charge in [-0.15, -0.1) is 0 Å². The quantitative estimate of drug-likeness (QED) is 0.474. The van der Waals surface area contributed by atoms with Crippen LogP contribution in [0, 0.1) is 6.92 Å². The summed E-state index contributed by atoms with van der Waals surface area (Å²) in [6.45, 7) is 11.9. The third kappa shape index (κ3) is 5.61. The van der Waals surface area contributed by atoms with Crippen molar-refractivity contribution in [1.82, 2.24) is 9.80 Å². The molecule has 2 fully saturated rings. The van der Waals surface area contributed by atoms with E-state index >= 15 is 0 Å². The van der Waals surface area contributed by atoms with Crippen molar-refractivity contribution in [1.29, 1.82) is 0 Å². The molecule has 2 N–H and O–H groups in total. The van der Waals surface area contributed by atoms with Crippen molar-refractivity contribution in [2.75, 3.05) is 70.5 Å². The van der Waals surface area contributed by atoms with E-state index in [1.165, 1.54) is 17.7 Å². The number of nitrogens with zero attached hydrogens (tertiary/aromatic N) is 4. The first-order valence-electron chi connectivity index (χ1n) is 9.89. The lowest BCUT2D eigenvalue weighted by Crippen LogP contribution is -2.46. The van der Waals surface area contributed by atoms with Crippen molar-refractivity contribution in [3.05, 3.63) is 29.8 Å². The van der Waals surface area contributed by atoms with Gasteiger partial charge in [0.25, 0.3) is 0 Å². The topological polar surface area (TPSA) is 57.3 Å². The minimum Gasteiger partial charge on any atom is -0.378 e. The Morgan fingerprint density at radius 1 is 1.08 bits per heavy atom. The van der Waals surface area contributed by atoms with Crippen LogP contribution in [-0.2, 0) is 4.74 Å². The average Bonchev–Trinajstić information content (AvgIpc) is 2.69. The zero-order valence-electron chi connectivity index (χ0n) is 16.1. The molecule has 0 saturated carbocycles. The molecular formula is C20H33N5O. The van der Waals surface area contributed by atoms with Crippen molar-refractivity contribution in [3.63, 3.8) is 0 Å². The minimum atomic E-state index is 0.681. The summed E-state index contributed by atoms with van der Waals surface area (Å²) in [4.78, 5) is 11.7. The van der Waals surface area contributed by atoms with Gasteiger partial charge < -0.3 is 20.3 Å². The van der Waals surface area contributed by atoms with E-state index in [2.05, 4.69) is 50.9 Å². The van der Waals surface area contributed by atoms with E-state index in [0.29, 0.717) is 5.96 Å². The standard InChI is InChI=1S/C20H33N5O/c1-18-5-4-6-19(17-18)24-11-9-23(10-12-24)8-3-2-7-22-20(21)25-13-15-26-16-14-25/h4-6,17H,2-3,7-16H2,1H3,(H2,21,22). The van der Waals surface area contributed by atoms with Gasteiger partial charge in [0.15, 0.2) is 5.96 Å². The number of hydrogen-bond donors (Lipinski definition) is 1. The Morgan fingerprint density at radius 3 is 2.58 bits per heavy atom. The summed E-state index contributed by atoms with van der Waals surface area (Å²) in [7, 11) is 0. The first kappa shape index (κ1) is 19.0. The number of aryl methyl sites for hydroxylation is 1. The first-order valence-corrected chi connectivity index (χ1v) is 9.89. The first-order chi connectivity index (χ1) is 12.7. The minimum absolute atomic E-state index is 0.681. The number of morpholine rings is 1. The highest BCUT2D eigenvalue weighted by Gasteiger charge is 2.16. The molecule has 0 bridgehead atoms. The van der Waals surface area contributed by atoms with Crippen molar-refractivity contribution in [2.24, 2.45) is 10.7 Å². The molecule has 0 unspecified atom stereocenters. The van der Waals surface area contributed by atoms with E-state index in [1.54, 1.807) is 0 Å². The van der Waals surface area contributed by atoms with E-state index in [0.717, 1.165) is 72.0 Å². The zero-order chi connectivity index (χ0) is 18.2. The Morgan fingerprint density at radius 2 is 1.85 bits per heavy atom. The van der Waals surface area contributed by atoms with Gasteiger partial charge in [0.05, 0.1) is 13.2 Å². The van der Waals surface area contributed by atoms with E-state index in [9.17, 15) is 0 Å². The van der Waals surface area contributed by atoms with Crippen LogP contribution in [0.5, 0.6) is 0 Å². The molecule has 3 rings (SSSR count). The maximum Gasteiger partial charge on any atom is 0.191 e. The van der Waals surface area contributed by atoms with Gasteiger partial charge in [0.1, 0.15) is 0 Å². The Hall–Kier alpha value is -1.79. The summed E-state index contributed by atoms with van der Waals surface area (Å²) in [5.74, 6) is 0.681. The molecule has 0 spiro atoms. The number of nitrogens with two attached hydrogens (primary N) is 1. The molecule has 0 aliphatic carbocycles. The third-order valence-corrected chi connectivity index (χ3v) is 5.23. The Balaban J connectivity index is 1.30. The van der Waals surface area contributed by atoms with Gasteiger partial charge in [0, 0.05) is 51.5 Å². The number of rotatable bonds is 6. The number of ether oxygens (including phenoxy) is 1. The van der Waals surface area contributed by atoms with E-state index in [4.69, 9.17) is 10.5 Å². The molecule has 2 saturated heterocycles. The summed E-state index contributed by atoms with van der Waals surface area (Å²) >= 11 is 0. The largest absolute Gasteiger partial charge is 0.378 e. The van der Waals surface area contributed by atoms with Crippen LogP contribution < -0.4 is 10.6 Å². The van der Waals surface area contributed by atoms with Gasteiger partial charge in [-0.2, -0.15) is 0 Å². The van der Waals surface area contributed by atoms with E-state index < -0.39 is 0 Å². The summed E-state index contributed by atoms with van der Waals surface area (Å²) in [6, 6.07) is 8.82. The summed E-state index contributed by atoms with van der Waals surface area (Å²) in [6.07, 6.45) is 2.29. The third-order valence-electron chi connectivity index (χ3n) is 5.23. The van der Waals surface area contributed by atoms with Crippen molar-refractivity contribution >= 4 is 11.6 Å².